The van der Waals surface area contributed by atoms with Crippen LogP contribution in [0.2, 0.25) is 0 Å². The Morgan fingerprint density at radius 3 is 2.54 bits per heavy atom. The van der Waals surface area contributed by atoms with Gasteiger partial charge in [0, 0.05) is 24.5 Å². The van der Waals surface area contributed by atoms with Crippen molar-refractivity contribution in [3.05, 3.63) is 48.3 Å². The lowest BCUT2D eigenvalue weighted by Gasteiger charge is -2.23. The summed E-state index contributed by atoms with van der Waals surface area (Å²) in [6.45, 7) is 5.91. The Kier molecular flexibility index (Phi) is 8.61. The highest BCUT2D eigenvalue weighted by atomic mass is 127. The highest BCUT2D eigenvalue weighted by Gasteiger charge is 2.16. The fourth-order valence-electron chi connectivity index (χ4n) is 1.94. The average Bonchev–Trinajstić information content (AvgIpc) is 3.05. The van der Waals surface area contributed by atoms with E-state index in [4.69, 9.17) is 0 Å². The summed E-state index contributed by atoms with van der Waals surface area (Å²) in [5, 5.41) is 11.2. The summed E-state index contributed by atoms with van der Waals surface area (Å²) < 4.78 is 2.05. The van der Waals surface area contributed by atoms with E-state index in [0.717, 1.165) is 23.9 Å². The molecule has 1 heterocycles. The Hall–Kier alpha value is -1.22. The molecule has 2 N–H and O–H groups in total. The van der Waals surface area contributed by atoms with Gasteiger partial charge in [-0.2, -0.15) is 16.9 Å². The lowest BCUT2D eigenvalue weighted by atomic mass is 10.2. The molecule has 24 heavy (non-hydrogen) atoms. The Labute approximate surface area is 165 Å². The largest absolute Gasteiger partial charge is 0.355 e. The van der Waals surface area contributed by atoms with Crippen molar-refractivity contribution in [2.75, 3.05) is 19.8 Å². The van der Waals surface area contributed by atoms with Crippen LogP contribution >= 0.6 is 35.7 Å². The van der Waals surface area contributed by atoms with E-state index < -0.39 is 0 Å². The van der Waals surface area contributed by atoms with Crippen LogP contribution in [0.15, 0.2) is 47.6 Å². The zero-order valence-electron chi connectivity index (χ0n) is 14.6. The van der Waals surface area contributed by atoms with Gasteiger partial charge in [-0.25, -0.2) is 4.68 Å². The number of rotatable bonds is 6. The van der Waals surface area contributed by atoms with Crippen LogP contribution in [0.3, 0.4) is 0 Å². The molecule has 0 amide bonds. The van der Waals surface area contributed by atoms with Crippen LogP contribution in [0, 0.1) is 0 Å². The number of nitrogens with zero attached hydrogens (tertiary/aromatic N) is 3. The maximum Gasteiger partial charge on any atom is 0.191 e. The predicted molar refractivity (Wildman–Crippen MR) is 115 cm³/mol. The number of hydrogen-bond acceptors (Lipinski definition) is 3. The van der Waals surface area contributed by atoms with Gasteiger partial charge in [0.1, 0.15) is 0 Å². The first-order chi connectivity index (χ1) is 11.0. The minimum absolute atomic E-state index is 0. The summed E-state index contributed by atoms with van der Waals surface area (Å²) in [6, 6.07) is 12.1. The van der Waals surface area contributed by atoms with Gasteiger partial charge in [-0.05, 0) is 38.3 Å². The van der Waals surface area contributed by atoms with E-state index in [0.29, 0.717) is 6.54 Å². The van der Waals surface area contributed by atoms with Crippen LogP contribution in [-0.4, -0.2) is 40.3 Å². The van der Waals surface area contributed by atoms with Crippen molar-refractivity contribution in [1.82, 2.24) is 20.4 Å². The van der Waals surface area contributed by atoms with Crippen molar-refractivity contribution in [3.63, 3.8) is 0 Å². The maximum atomic E-state index is 4.58. The third kappa shape index (κ3) is 6.35. The SMILES string of the molecule is CN=C(NCc1ccn(-c2ccccc2)n1)NCC(C)(C)SC.I. The molecule has 0 atom stereocenters. The molecule has 0 unspecified atom stereocenters. The second kappa shape index (κ2) is 9.93. The molecule has 0 bridgehead atoms. The second-order valence-corrected chi connectivity index (χ2v) is 7.34. The van der Waals surface area contributed by atoms with E-state index in [2.05, 4.69) is 40.8 Å². The number of aliphatic imine (C=N–C) groups is 1. The van der Waals surface area contributed by atoms with Gasteiger partial charge in [0.15, 0.2) is 5.96 Å². The summed E-state index contributed by atoms with van der Waals surface area (Å²) in [7, 11) is 1.78. The van der Waals surface area contributed by atoms with Crippen LogP contribution in [0.4, 0.5) is 0 Å². The minimum atomic E-state index is 0. The molecule has 0 radical (unpaired) electrons. The standard InChI is InChI=1S/C17H25N5S.HI/c1-17(2,23-4)13-20-16(18-3)19-12-14-10-11-22(21-14)15-8-6-5-7-9-15;/h5-11H,12-13H2,1-4H3,(H2,18,19,20);1H. The molecule has 0 saturated carbocycles. The van der Waals surface area contributed by atoms with E-state index in [1.54, 1.807) is 7.05 Å². The van der Waals surface area contributed by atoms with Crippen LogP contribution in [0.1, 0.15) is 19.5 Å². The van der Waals surface area contributed by atoms with E-state index in [1.807, 2.05) is 59.0 Å². The molecular formula is C17H26IN5S. The topological polar surface area (TPSA) is 54.2 Å². The molecule has 5 nitrogen and oxygen atoms in total. The first-order valence-corrected chi connectivity index (χ1v) is 8.86. The summed E-state index contributed by atoms with van der Waals surface area (Å²) in [5.41, 5.74) is 2.03. The summed E-state index contributed by atoms with van der Waals surface area (Å²) in [4.78, 5) is 4.26. The van der Waals surface area contributed by atoms with Crippen molar-refractivity contribution in [2.45, 2.75) is 25.1 Å². The van der Waals surface area contributed by atoms with E-state index in [-0.39, 0.29) is 28.7 Å². The number of para-hydroxylation sites is 1. The Morgan fingerprint density at radius 2 is 1.92 bits per heavy atom. The number of halogens is 1. The van der Waals surface area contributed by atoms with Crippen molar-refractivity contribution >= 4 is 41.7 Å². The zero-order valence-corrected chi connectivity index (χ0v) is 17.8. The van der Waals surface area contributed by atoms with Crippen LogP contribution < -0.4 is 10.6 Å². The minimum Gasteiger partial charge on any atom is -0.355 e. The Bertz CT molecular complexity index is 639. The van der Waals surface area contributed by atoms with Crippen LogP contribution in [0.25, 0.3) is 5.69 Å². The van der Waals surface area contributed by atoms with E-state index in [1.165, 1.54) is 0 Å². The summed E-state index contributed by atoms with van der Waals surface area (Å²) in [5.74, 6) is 0.793. The Morgan fingerprint density at radius 1 is 1.21 bits per heavy atom. The maximum absolute atomic E-state index is 4.58. The monoisotopic (exact) mass is 459 g/mol. The van der Waals surface area contributed by atoms with Crippen molar-refractivity contribution in [3.8, 4) is 5.69 Å². The molecule has 2 rings (SSSR count). The van der Waals surface area contributed by atoms with Crippen molar-refractivity contribution in [2.24, 2.45) is 4.99 Å². The molecule has 0 aliphatic heterocycles. The predicted octanol–water partition coefficient (Wildman–Crippen LogP) is 3.30. The molecule has 132 valence electrons. The van der Waals surface area contributed by atoms with Gasteiger partial charge >= 0.3 is 0 Å². The van der Waals surface area contributed by atoms with Gasteiger partial charge in [-0.15, -0.1) is 24.0 Å². The third-order valence-electron chi connectivity index (χ3n) is 3.56. The first-order valence-electron chi connectivity index (χ1n) is 7.64. The summed E-state index contributed by atoms with van der Waals surface area (Å²) >= 11 is 1.83. The second-order valence-electron chi connectivity index (χ2n) is 5.83. The highest BCUT2D eigenvalue weighted by Crippen LogP contribution is 2.19. The molecule has 7 heteroatoms. The molecule has 0 fully saturated rings. The molecule has 0 aliphatic rings. The normalized spacial score (nSPS) is 11.8. The summed E-state index contributed by atoms with van der Waals surface area (Å²) in [6.07, 6.45) is 4.09. The molecule has 2 aromatic rings. The van der Waals surface area contributed by atoms with Gasteiger partial charge in [0.2, 0.25) is 0 Å². The fourth-order valence-corrected chi connectivity index (χ4v) is 2.16. The molecule has 0 aliphatic carbocycles. The molecule has 1 aromatic carbocycles. The van der Waals surface area contributed by atoms with Crippen LogP contribution in [-0.2, 0) is 6.54 Å². The smallest absolute Gasteiger partial charge is 0.191 e. The Balaban J connectivity index is 0.00000288. The highest BCUT2D eigenvalue weighted by molar-refractivity contribution is 14.0. The van der Waals surface area contributed by atoms with Gasteiger partial charge in [-0.1, -0.05) is 18.2 Å². The molecule has 0 spiro atoms. The molecular weight excluding hydrogens is 433 g/mol. The lowest BCUT2D eigenvalue weighted by Crippen LogP contribution is -2.43. The fraction of sp³-hybridized carbons (Fsp3) is 0.412. The number of hydrogen-bond donors (Lipinski definition) is 2. The number of guanidine groups is 1. The third-order valence-corrected chi connectivity index (χ3v) is 4.81. The van der Waals surface area contributed by atoms with Gasteiger partial charge in [0.25, 0.3) is 0 Å². The van der Waals surface area contributed by atoms with E-state index in [9.17, 15) is 0 Å². The number of aromatic nitrogens is 2. The lowest BCUT2D eigenvalue weighted by molar-refractivity contribution is 0.662. The number of benzene rings is 1. The van der Waals surface area contributed by atoms with Gasteiger partial charge < -0.3 is 10.6 Å². The molecule has 1 aromatic heterocycles. The van der Waals surface area contributed by atoms with Crippen molar-refractivity contribution < 1.29 is 0 Å². The number of thioether (sulfide) groups is 1. The quantitative estimate of drug-likeness (QED) is 0.396. The average molecular weight is 459 g/mol. The van der Waals surface area contributed by atoms with Crippen LogP contribution in [0.5, 0.6) is 0 Å². The van der Waals surface area contributed by atoms with E-state index >= 15 is 0 Å². The molecule has 0 saturated heterocycles. The van der Waals surface area contributed by atoms with Gasteiger partial charge in [-0.3, -0.25) is 4.99 Å². The van der Waals surface area contributed by atoms with Gasteiger partial charge in [0.05, 0.1) is 17.9 Å². The van der Waals surface area contributed by atoms with Crippen molar-refractivity contribution in [1.29, 1.82) is 0 Å². The number of nitrogens with one attached hydrogen (secondary N) is 2. The first kappa shape index (κ1) is 20.8. The zero-order chi connectivity index (χ0) is 16.7.